The number of Topliss-reactive ketones (excluding diaryl/α,β-unsaturated/α-hetero) is 7. The lowest BCUT2D eigenvalue weighted by Gasteiger charge is -2.35. The summed E-state index contributed by atoms with van der Waals surface area (Å²) in [5, 5.41) is 9.68. The standard InChI is InChI=1S/C24H28N4O2.C13H13NO.C12H12BrNO.C12H13NO2.C12H11NO2.C11H10BrNO.C6H5BrN2O/c1-3-17-11-19-14-25-20(12-18(19)13-24(17)30)16-27-7-9-28(10-8-27)21-5-6-22(26-15-21)23(29)4-2;1-3-9-5-11-8-14-12(4-2)6-10(11)7-13(9)15;1-2-8-3-10-7-14-11(6-13)4-9(10)5-12(8)15;2*1-2-8-3-10-6-13-11(7-14)4-9(10)5-12(8)15;1-2-7-3-9-6-13-11(12)5-8(9)4-10(7)14;7-6-1-5(8)4(3-10)2-9-6/h5-6,11-12,14-15H,3-4,7-10,13,16H2,1-2H3;4-6,8H,2-3,7H2,1H3;3-4,7H,2,5-6H2,1H3;3-4,6,14H,2,5,7H2,1H3;3-4,6-7H,2,5H2,1H3;3,5-6H,2,4H2,1H3;1-3H,(H2,8,9). The van der Waals surface area contributed by atoms with Gasteiger partial charge in [-0.2, -0.15) is 0 Å². The zero-order valence-electron chi connectivity index (χ0n) is 65.2. The van der Waals surface area contributed by atoms with E-state index in [1.165, 1.54) is 6.20 Å². The predicted molar refractivity (Wildman–Crippen MR) is 457 cm³/mol. The molecule has 0 unspecified atom stereocenters. The number of hydrogen-bond donors (Lipinski definition) is 2. The summed E-state index contributed by atoms with van der Waals surface area (Å²) in [6, 6.07) is 16.8. The molecule has 0 bridgehead atoms. The molecule has 0 radical (unpaired) electrons. The first kappa shape index (κ1) is 87.3. The van der Waals surface area contributed by atoms with E-state index < -0.39 is 0 Å². The summed E-state index contributed by atoms with van der Waals surface area (Å²) in [5.74, 6) is 1.34. The van der Waals surface area contributed by atoms with E-state index in [0.717, 1.165) is 204 Å². The smallest absolute Gasteiger partial charge is 0.180 e. The zero-order chi connectivity index (χ0) is 82.1. The lowest BCUT2D eigenvalue weighted by atomic mass is 9.91. The molecule has 8 aromatic heterocycles. The van der Waals surface area contributed by atoms with Crippen LogP contribution >= 0.6 is 47.8 Å². The number of carbonyl (C=O) groups excluding carboxylic acids is 9. The van der Waals surface area contributed by atoms with E-state index in [9.17, 15) is 43.2 Å². The highest BCUT2D eigenvalue weighted by atomic mass is 79.9. The van der Waals surface area contributed by atoms with Gasteiger partial charge in [0, 0.05) is 132 Å². The van der Waals surface area contributed by atoms with E-state index in [1.807, 2.05) is 140 Å². The number of aromatic nitrogens is 8. The van der Waals surface area contributed by atoms with Gasteiger partial charge in [-0.1, -0.05) is 71.0 Å². The summed E-state index contributed by atoms with van der Waals surface area (Å²) in [6.07, 6.45) is 36.7. The number of aliphatic hydroxyl groups is 1. The molecule has 0 amide bonds. The maximum absolute atomic E-state index is 12.2. The number of ketones is 7. The molecule has 0 saturated carbocycles. The number of halogens is 3. The molecular formula is C90H92Br3N11O10. The van der Waals surface area contributed by atoms with Crippen molar-refractivity contribution in [2.24, 2.45) is 0 Å². The first-order valence-electron chi connectivity index (χ1n) is 38.0. The van der Waals surface area contributed by atoms with Gasteiger partial charge in [0.15, 0.2) is 53.1 Å². The maximum Gasteiger partial charge on any atom is 0.180 e. The SMILES string of the molecule is C=Cc1cc2c(cn1)C=C(CC)C(=O)C2.CCC(=O)c1ccc(N2CCN(Cc3cc4c(cn3)C=C(CC)C(=O)C4)CC2)cn1.CCC1=Cc2cnc(Br)cc2CC1=O.CCC1=Cc2cnc(C=O)cc2CC1=O.CCC1=Cc2cnc(CBr)cc2CC1=O.CCC1=Cc2cnc(CO)cc2CC1=O.Nc1cc(Br)ncc1C=O. The van der Waals surface area contributed by atoms with E-state index in [1.54, 1.807) is 42.9 Å². The van der Waals surface area contributed by atoms with Gasteiger partial charge in [-0.25, -0.2) is 9.97 Å². The molecule has 1 fully saturated rings. The van der Waals surface area contributed by atoms with Crippen LogP contribution in [0.1, 0.15) is 214 Å². The normalized spacial score (nSPS) is 14.8. The first-order chi connectivity index (χ1) is 55.0. The predicted octanol–water partition coefficient (Wildman–Crippen LogP) is 16.2. The molecule has 7 aliphatic rings. The monoisotopic (exact) mass is 1720 g/mol. The molecule has 3 N–H and O–H groups in total. The number of fused-ring (bicyclic) bond motifs is 6. The first-order valence-corrected chi connectivity index (χ1v) is 40.7. The number of carbonyl (C=O) groups is 9. The molecule has 6 aliphatic carbocycles. The highest BCUT2D eigenvalue weighted by Gasteiger charge is 2.25. The number of hydrogen-bond acceptors (Lipinski definition) is 21. The second-order valence-electron chi connectivity index (χ2n) is 27.5. The van der Waals surface area contributed by atoms with Gasteiger partial charge in [-0.15, -0.1) is 0 Å². The summed E-state index contributed by atoms with van der Waals surface area (Å²) in [6.45, 7) is 21.9. The maximum atomic E-state index is 12.2. The van der Waals surface area contributed by atoms with Crippen LogP contribution < -0.4 is 10.6 Å². The minimum Gasteiger partial charge on any atom is -0.398 e. The van der Waals surface area contributed by atoms with E-state index in [-0.39, 0.29) is 47.1 Å². The van der Waals surface area contributed by atoms with Crippen LogP contribution in [0.4, 0.5) is 11.4 Å². The van der Waals surface area contributed by atoms with Gasteiger partial charge in [-0.05, 0) is 268 Å². The fraction of sp³-hybridized carbons (Fsp3) is 0.300. The van der Waals surface area contributed by atoms with E-state index in [0.29, 0.717) is 90.5 Å². The number of allylic oxidation sites excluding steroid dienone is 6. The lowest BCUT2D eigenvalue weighted by Crippen LogP contribution is -2.46. The molecule has 21 nitrogen and oxygen atoms in total. The van der Waals surface area contributed by atoms with Gasteiger partial charge in [-0.3, -0.25) is 78.0 Å². The Labute approximate surface area is 690 Å². The summed E-state index contributed by atoms with van der Waals surface area (Å²) in [7, 11) is 0. The number of rotatable bonds is 16. The van der Waals surface area contributed by atoms with E-state index in [2.05, 4.69) is 110 Å². The third-order valence-electron chi connectivity index (χ3n) is 20.0. The third kappa shape index (κ3) is 23.5. The van der Waals surface area contributed by atoms with Crippen LogP contribution in [-0.4, -0.2) is 129 Å². The highest BCUT2D eigenvalue weighted by Crippen LogP contribution is 2.31. The molecule has 8 aromatic rings. The van der Waals surface area contributed by atoms with Crippen LogP contribution in [-0.2, 0) is 85.8 Å². The largest absolute Gasteiger partial charge is 0.398 e. The van der Waals surface area contributed by atoms with E-state index in [4.69, 9.17) is 10.8 Å². The van der Waals surface area contributed by atoms with Crippen LogP contribution in [0.5, 0.6) is 0 Å². The molecule has 0 spiro atoms. The average molecular weight is 1730 g/mol. The number of piperazine rings is 1. The summed E-state index contributed by atoms with van der Waals surface area (Å²) < 4.78 is 1.42. The second-order valence-corrected chi connectivity index (χ2v) is 29.7. The highest BCUT2D eigenvalue weighted by molar-refractivity contribution is 9.10. The summed E-state index contributed by atoms with van der Waals surface area (Å²) in [4.78, 5) is 141. The van der Waals surface area contributed by atoms with Crippen molar-refractivity contribution in [1.29, 1.82) is 0 Å². The number of anilines is 2. The Hall–Kier alpha value is -10.6. The number of nitrogen functional groups attached to an aromatic ring is 1. The third-order valence-corrected chi connectivity index (χ3v) is 21.5. The van der Waals surface area contributed by atoms with Crippen molar-refractivity contribution in [2.75, 3.05) is 36.8 Å². The van der Waals surface area contributed by atoms with Crippen LogP contribution in [0.2, 0.25) is 0 Å². The number of aliphatic hydroxyl groups excluding tert-OH is 1. The van der Waals surface area contributed by atoms with Crippen molar-refractivity contribution in [3.8, 4) is 0 Å². The Morgan fingerprint density at radius 1 is 0.447 bits per heavy atom. The molecule has 114 heavy (non-hydrogen) atoms. The van der Waals surface area contributed by atoms with Crippen LogP contribution in [0.25, 0.3) is 42.5 Å². The van der Waals surface area contributed by atoms with Gasteiger partial charge in [0.2, 0.25) is 0 Å². The fourth-order valence-electron chi connectivity index (χ4n) is 13.3. The van der Waals surface area contributed by atoms with Gasteiger partial charge < -0.3 is 15.7 Å². The molecule has 1 saturated heterocycles. The molecule has 9 heterocycles. The molecule has 24 heteroatoms. The Morgan fingerprint density at radius 3 is 1.20 bits per heavy atom. The quantitative estimate of drug-likeness (QED) is 0.0393. The molecular weight excluding hydrogens is 1630 g/mol. The second kappa shape index (κ2) is 42.5. The van der Waals surface area contributed by atoms with Gasteiger partial charge in [0.1, 0.15) is 20.6 Å². The van der Waals surface area contributed by atoms with Crippen molar-refractivity contribution in [1.82, 2.24) is 44.8 Å². The van der Waals surface area contributed by atoms with E-state index >= 15 is 0 Å². The Balaban J connectivity index is 0.000000157. The number of pyridine rings is 8. The topological polar surface area (TPSA) is 309 Å². The number of alkyl halides is 1. The van der Waals surface area contributed by atoms with Crippen LogP contribution in [0.15, 0.2) is 153 Å². The van der Waals surface area contributed by atoms with Crippen molar-refractivity contribution in [2.45, 2.75) is 150 Å². The molecule has 15 rings (SSSR count). The van der Waals surface area contributed by atoms with Crippen molar-refractivity contribution >= 4 is 155 Å². The Morgan fingerprint density at radius 2 is 0.816 bits per heavy atom. The minimum absolute atomic E-state index is 0.0760. The summed E-state index contributed by atoms with van der Waals surface area (Å²) >= 11 is 9.78. The van der Waals surface area contributed by atoms with Gasteiger partial charge in [0.25, 0.3) is 0 Å². The van der Waals surface area contributed by atoms with Crippen LogP contribution in [0, 0.1) is 0 Å². The van der Waals surface area contributed by atoms with Gasteiger partial charge >= 0.3 is 0 Å². The number of nitrogens with zero attached hydrogens (tertiary/aromatic N) is 10. The Bertz CT molecular complexity index is 5040. The average Bonchev–Trinajstić information content (AvgIpc) is 0.847. The van der Waals surface area contributed by atoms with Gasteiger partial charge in [0.05, 0.1) is 46.8 Å². The van der Waals surface area contributed by atoms with Crippen molar-refractivity contribution in [3.63, 3.8) is 0 Å². The number of nitrogens with two attached hydrogens (primary N) is 1. The number of aldehydes is 2. The van der Waals surface area contributed by atoms with Crippen LogP contribution in [0.3, 0.4) is 0 Å². The lowest BCUT2D eigenvalue weighted by molar-refractivity contribution is -0.115. The molecule has 588 valence electrons. The zero-order valence-corrected chi connectivity index (χ0v) is 69.9. The minimum atomic E-state index is -0.0776. The Kier molecular flexibility index (Phi) is 32.5. The molecule has 0 aromatic carbocycles. The fourth-order valence-corrected chi connectivity index (χ4v) is 14.3. The van der Waals surface area contributed by atoms with Crippen molar-refractivity contribution < 1.29 is 48.3 Å². The van der Waals surface area contributed by atoms with Crippen molar-refractivity contribution in [3.05, 3.63) is 260 Å². The molecule has 0 atom stereocenters. The molecule has 1 aliphatic heterocycles. The summed E-state index contributed by atoms with van der Waals surface area (Å²) in [5.41, 5.74) is 29.5.